The van der Waals surface area contributed by atoms with Crippen LogP contribution >= 0.6 is 0 Å². The molecule has 1 aliphatic heterocycles. The molecule has 7 heteroatoms. The molecule has 1 heterocycles. The molecule has 0 saturated carbocycles. The molecule has 21 heavy (non-hydrogen) atoms. The molecule has 4 nitrogen and oxygen atoms in total. The van der Waals surface area contributed by atoms with E-state index < -0.39 is 11.7 Å². The maximum absolute atomic E-state index is 13.0. The first-order valence-electron chi connectivity index (χ1n) is 6.71. The van der Waals surface area contributed by atoms with Crippen LogP contribution in [-0.2, 0) is 12.7 Å². The number of hydrogen-bond donors (Lipinski definition) is 1. The van der Waals surface area contributed by atoms with Gasteiger partial charge in [0.2, 0.25) is 0 Å². The van der Waals surface area contributed by atoms with Crippen molar-refractivity contribution >= 4 is 0 Å². The molecule has 0 spiro atoms. The Morgan fingerprint density at radius 3 is 2.24 bits per heavy atom. The van der Waals surface area contributed by atoms with Gasteiger partial charge in [-0.1, -0.05) is 6.07 Å². The van der Waals surface area contributed by atoms with E-state index in [1.165, 1.54) is 20.3 Å². The van der Waals surface area contributed by atoms with Gasteiger partial charge >= 0.3 is 6.18 Å². The minimum absolute atomic E-state index is 0.158. The lowest BCUT2D eigenvalue weighted by Crippen LogP contribution is -2.42. The average molecular weight is 304 g/mol. The normalized spacial score (nSPS) is 16.8. The van der Waals surface area contributed by atoms with E-state index in [2.05, 4.69) is 10.2 Å². The monoisotopic (exact) mass is 304 g/mol. The zero-order chi connectivity index (χ0) is 15.5. The van der Waals surface area contributed by atoms with Crippen LogP contribution in [-0.4, -0.2) is 45.3 Å². The average Bonchev–Trinajstić information content (AvgIpc) is 2.46. The molecule has 1 aromatic rings. The predicted molar refractivity (Wildman–Crippen MR) is 72.7 cm³/mol. The molecule has 0 bridgehead atoms. The SMILES string of the molecule is COc1c(CN2CCNCC2)ccc(C(F)(F)F)c1OC. The summed E-state index contributed by atoms with van der Waals surface area (Å²) in [5.74, 6) is -0.0940. The smallest absolute Gasteiger partial charge is 0.420 e. The van der Waals surface area contributed by atoms with Gasteiger partial charge in [0.15, 0.2) is 11.5 Å². The Morgan fingerprint density at radius 2 is 1.71 bits per heavy atom. The number of alkyl halides is 3. The summed E-state index contributed by atoms with van der Waals surface area (Å²) in [5.41, 5.74) is -0.116. The number of methoxy groups -OCH3 is 2. The third kappa shape index (κ3) is 3.59. The number of nitrogens with one attached hydrogen (secondary N) is 1. The second kappa shape index (κ2) is 6.53. The Morgan fingerprint density at radius 1 is 1.10 bits per heavy atom. The van der Waals surface area contributed by atoms with E-state index in [1.54, 1.807) is 0 Å². The number of benzene rings is 1. The molecule has 2 rings (SSSR count). The molecule has 1 fully saturated rings. The summed E-state index contributed by atoms with van der Waals surface area (Å²) in [4.78, 5) is 2.17. The number of halogens is 3. The number of piperazine rings is 1. The number of nitrogens with zero attached hydrogens (tertiary/aromatic N) is 1. The fourth-order valence-electron chi connectivity index (χ4n) is 2.49. The van der Waals surface area contributed by atoms with Crippen LogP contribution in [0, 0.1) is 0 Å². The van der Waals surface area contributed by atoms with Crippen LogP contribution < -0.4 is 14.8 Å². The lowest BCUT2D eigenvalue weighted by atomic mass is 10.1. The van der Waals surface area contributed by atoms with Gasteiger partial charge in [0.25, 0.3) is 0 Å². The van der Waals surface area contributed by atoms with Crippen LogP contribution in [0.3, 0.4) is 0 Å². The van der Waals surface area contributed by atoms with Crippen molar-refractivity contribution in [2.75, 3.05) is 40.4 Å². The van der Waals surface area contributed by atoms with Crippen molar-refractivity contribution in [3.05, 3.63) is 23.3 Å². The Kier molecular flexibility index (Phi) is 4.95. The van der Waals surface area contributed by atoms with Crippen LogP contribution in [0.15, 0.2) is 12.1 Å². The van der Waals surface area contributed by atoms with E-state index in [4.69, 9.17) is 9.47 Å². The lowest BCUT2D eigenvalue weighted by Gasteiger charge is -2.28. The van der Waals surface area contributed by atoms with Gasteiger partial charge in [-0.2, -0.15) is 13.2 Å². The zero-order valence-corrected chi connectivity index (χ0v) is 12.1. The van der Waals surface area contributed by atoms with Crippen molar-refractivity contribution < 1.29 is 22.6 Å². The van der Waals surface area contributed by atoms with E-state index in [1.807, 2.05) is 0 Å². The van der Waals surface area contributed by atoms with Gasteiger partial charge in [0, 0.05) is 38.3 Å². The summed E-state index contributed by atoms with van der Waals surface area (Å²) in [6, 6.07) is 2.52. The third-order valence-electron chi connectivity index (χ3n) is 3.51. The maximum Gasteiger partial charge on any atom is 0.420 e. The molecule has 118 valence electrons. The largest absolute Gasteiger partial charge is 0.493 e. The molecule has 0 atom stereocenters. The van der Waals surface area contributed by atoms with E-state index in [-0.39, 0.29) is 11.5 Å². The van der Waals surface area contributed by atoms with E-state index in [0.717, 1.165) is 32.2 Å². The highest BCUT2D eigenvalue weighted by Gasteiger charge is 2.36. The quantitative estimate of drug-likeness (QED) is 0.924. The molecular formula is C14H19F3N2O2. The minimum Gasteiger partial charge on any atom is -0.493 e. The van der Waals surface area contributed by atoms with Gasteiger partial charge in [0.1, 0.15) is 5.56 Å². The first kappa shape index (κ1) is 15.9. The topological polar surface area (TPSA) is 33.7 Å². The van der Waals surface area contributed by atoms with Crippen LogP contribution in [0.25, 0.3) is 0 Å². The summed E-state index contributed by atoms with van der Waals surface area (Å²) in [7, 11) is 2.58. The summed E-state index contributed by atoms with van der Waals surface area (Å²) in [5, 5.41) is 3.23. The fourth-order valence-corrected chi connectivity index (χ4v) is 2.49. The predicted octanol–water partition coefficient (Wildman–Crippen LogP) is 2.13. The second-order valence-electron chi connectivity index (χ2n) is 4.86. The van der Waals surface area contributed by atoms with E-state index in [0.29, 0.717) is 12.1 Å². The van der Waals surface area contributed by atoms with Crippen molar-refractivity contribution in [2.45, 2.75) is 12.7 Å². The third-order valence-corrected chi connectivity index (χ3v) is 3.51. The maximum atomic E-state index is 13.0. The summed E-state index contributed by atoms with van der Waals surface area (Å²) >= 11 is 0. The molecule has 1 aromatic carbocycles. The van der Waals surface area contributed by atoms with Crippen molar-refractivity contribution in [3.8, 4) is 11.5 Å². The van der Waals surface area contributed by atoms with Gasteiger partial charge in [-0.05, 0) is 6.07 Å². The van der Waals surface area contributed by atoms with Crippen molar-refractivity contribution in [3.63, 3.8) is 0 Å². The highest BCUT2D eigenvalue weighted by atomic mass is 19.4. The number of hydrogen-bond acceptors (Lipinski definition) is 4. The zero-order valence-electron chi connectivity index (χ0n) is 12.1. The molecule has 0 unspecified atom stereocenters. The Balaban J connectivity index is 2.33. The molecule has 0 aromatic heterocycles. The molecule has 0 amide bonds. The van der Waals surface area contributed by atoms with Crippen LogP contribution in [0.1, 0.15) is 11.1 Å². The summed E-state index contributed by atoms with van der Waals surface area (Å²) in [6.07, 6.45) is -4.47. The number of ether oxygens (including phenoxy) is 2. The molecule has 0 radical (unpaired) electrons. The van der Waals surface area contributed by atoms with Crippen LogP contribution in [0.5, 0.6) is 11.5 Å². The van der Waals surface area contributed by atoms with Gasteiger partial charge in [-0.3, -0.25) is 4.90 Å². The van der Waals surface area contributed by atoms with Crippen molar-refractivity contribution in [1.29, 1.82) is 0 Å². The highest BCUT2D eigenvalue weighted by molar-refractivity contribution is 5.53. The van der Waals surface area contributed by atoms with Crippen molar-refractivity contribution in [1.82, 2.24) is 10.2 Å². The van der Waals surface area contributed by atoms with E-state index >= 15 is 0 Å². The Bertz CT molecular complexity index is 486. The Hall–Kier alpha value is -1.47. The molecular weight excluding hydrogens is 285 g/mol. The fraction of sp³-hybridized carbons (Fsp3) is 0.571. The van der Waals surface area contributed by atoms with Crippen molar-refractivity contribution in [2.24, 2.45) is 0 Å². The van der Waals surface area contributed by atoms with Gasteiger partial charge in [-0.25, -0.2) is 0 Å². The minimum atomic E-state index is -4.47. The molecule has 1 aliphatic rings. The standard InChI is InChI=1S/C14H19F3N2O2/c1-20-12-10(9-19-7-5-18-6-8-19)3-4-11(13(12)21-2)14(15,16)17/h3-4,18H,5-9H2,1-2H3. The second-order valence-corrected chi connectivity index (χ2v) is 4.86. The van der Waals surface area contributed by atoms with Gasteiger partial charge in [0.05, 0.1) is 14.2 Å². The molecule has 1 N–H and O–H groups in total. The first-order chi connectivity index (χ1) is 9.97. The number of rotatable bonds is 4. The van der Waals surface area contributed by atoms with Gasteiger partial charge in [-0.15, -0.1) is 0 Å². The summed E-state index contributed by atoms with van der Waals surface area (Å²) in [6.45, 7) is 4.00. The van der Waals surface area contributed by atoms with E-state index in [9.17, 15) is 13.2 Å². The first-order valence-corrected chi connectivity index (χ1v) is 6.71. The summed E-state index contributed by atoms with van der Waals surface area (Å²) < 4.78 is 49.1. The highest BCUT2D eigenvalue weighted by Crippen LogP contribution is 2.43. The van der Waals surface area contributed by atoms with Crippen LogP contribution in [0.2, 0.25) is 0 Å². The lowest BCUT2D eigenvalue weighted by molar-refractivity contribution is -0.138. The molecule has 0 aliphatic carbocycles. The molecule has 1 saturated heterocycles. The van der Waals surface area contributed by atoms with Gasteiger partial charge < -0.3 is 14.8 Å². The Labute approximate surface area is 121 Å². The van der Waals surface area contributed by atoms with Crippen LogP contribution in [0.4, 0.5) is 13.2 Å².